The van der Waals surface area contributed by atoms with Gasteiger partial charge in [0.15, 0.2) is 0 Å². The van der Waals surface area contributed by atoms with E-state index in [0.717, 1.165) is 22.0 Å². The standard InChI is InChI=1S/C14H17N3O/c1-17(8-9-18)13-7-6-12(14(15)16)10-4-2-3-5-11(10)13/h2-7,18H,8-9H2,1H3,(H3,15,16). The van der Waals surface area contributed by atoms with E-state index in [2.05, 4.69) is 0 Å². The number of nitrogens with two attached hydrogens (primary N) is 1. The van der Waals surface area contributed by atoms with Crippen LogP contribution in [0.25, 0.3) is 10.8 Å². The first-order valence-electron chi connectivity index (χ1n) is 5.83. The second kappa shape index (κ2) is 5.06. The predicted molar refractivity (Wildman–Crippen MR) is 75.3 cm³/mol. The van der Waals surface area contributed by atoms with Crippen LogP contribution in [-0.4, -0.2) is 31.1 Å². The maximum atomic E-state index is 9.02. The van der Waals surface area contributed by atoms with E-state index in [4.69, 9.17) is 16.2 Å². The Bertz CT molecular complexity index is 580. The van der Waals surface area contributed by atoms with Crippen LogP contribution in [0.5, 0.6) is 0 Å². The van der Waals surface area contributed by atoms with Crippen LogP contribution < -0.4 is 10.6 Å². The molecule has 4 heteroatoms. The van der Waals surface area contributed by atoms with Crippen molar-refractivity contribution in [3.05, 3.63) is 42.0 Å². The van der Waals surface area contributed by atoms with Gasteiger partial charge in [-0.05, 0) is 17.5 Å². The van der Waals surface area contributed by atoms with Crippen molar-refractivity contribution >= 4 is 22.3 Å². The molecule has 2 aromatic carbocycles. The number of aliphatic hydroxyl groups is 1. The number of likely N-dealkylation sites (N-methyl/N-ethyl adjacent to an activating group) is 1. The Morgan fingerprint density at radius 3 is 2.50 bits per heavy atom. The lowest BCUT2D eigenvalue weighted by Gasteiger charge is -2.21. The zero-order chi connectivity index (χ0) is 13.1. The summed E-state index contributed by atoms with van der Waals surface area (Å²) in [5, 5.41) is 18.6. The van der Waals surface area contributed by atoms with Crippen LogP contribution in [0, 0.1) is 5.41 Å². The molecule has 0 aliphatic rings. The minimum absolute atomic E-state index is 0.0718. The first-order valence-corrected chi connectivity index (χ1v) is 5.83. The van der Waals surface area contributed by atoms with Gasteiger partial charge in [0.25, 0.3) is 0 Å². The minimum Gasteiger partial charge on any atom is -0.395 e. The molecular weight excluding hydrogens is 226 g/mol. The van der Waals surface area contributed by atoms with Crippen molar-refractivity contribution in [1.82, 2.24) is 0 Å². The normalized spacial score (nSPS) is 10.6. The first-order chi connectivity index (χ1) is 8.65. The first kappa shape index (κ1) is 12.4. The fraction of sp³-hybridized carbons (Fsp3) is 0.214. The largest absolute Gasteiger partial charge is 0.395 e. The summed E-state index contributed by atoms with van der Waals surface area (Å²) < 4.78 is 0. The van der Waals surface area contributed by atoms with Gasteiger partial charge in [0.2, 0.25) is 0 Å². The average Bonchev–Trinajstić information content (AvgIpc) is 2.37. The van der Waals surface area contributed by atoms with Crippen molar-refractivity contribution < 1.29 is 5.11 Å². The van der Waals surface area contributed by atoms with E-state index in [9.17, 15) is 0 Å². The zero-order valence-corrected chi connectivity index (χ0v) is 10.4. The number of benzene rings is 2. The fourth-order valence-corrected chi connectivity index (χ4v) is 2.12. The van der Waals surface area contributed by atoms with Crippen molar-refractivity contribution in [3.8, 4) is 0 Å². The van der Waals surface area contributed by atoms with Gasteiger partial charge in [0.05, 0.1) is 6.61 Å². The van der Waals surface area contributed by atoms with Crippen LogP contribution in [0.15, 0.2) is 36.4 Å². The molecule has 4 N–H and O–H groups in total. The summed E-state index contributed by atoms with van der Waals surface area (Å²) in [6, 6.07) is 11.7. The van der Waals surface area contributed by atoms with E-state index >= 15 is 0 Å². The molecule has 0 spiro atoms. The number of aliphatic hydroxyl groups excluding tert-OH is 1. The summed E-state index contributed by atoms with van der Waals surface area (Å²) in [5.74, 6) is 0.0718. The molecule has 94 valence electrons. The van der Waals surface area contributed by atoms with Gasteiger partial charge in [-0.15, -0.1) is 0 Å². The molecule has 0 unspecified atom stereocenters. The molecule has 0 aliphatic carbocycles. The molecule has 0 radical (unpaired) electrons. The van der Waals surface area contributed by atoms with E-state index < -0.39 is 0 Å². The van der Waals surface area contributed by atoms with Gasteiger partial charge in [-0.25, -0.2) is 0 Å². The molecule has 4 nitrogen and oxygen atoms in total. The van der Waals surface area contributed by atoms with E-state index in [1.807, 2.05) is 48.3 Å². The lowest BCUT2D eigenvalue weighted by Crippen LogP contribution is -2.21. The number of nitrogen functional groups attached to an aromatic ring is 1. The van der Waals surface area contributed by atoms with E-state index in [1.54, 1.807) is 0 Å². The second-order valence-corrected chi connectivity index (χ2v) is 4.24. The van der Waals surface area contributed by atoms with Crippen LogP contribution in [0.1, 0.15) is 5.56 Å². The summed E-state index contributed by atoms with van der Waals surface area (Å²) in [4.78, 5) is 1.99. The summed E-state index contributed by atoms with van der Waals surface area (Å²) >= 11 is 0. The van der Waals surface area contributed by atoms with Crippen molar-refractivity contribution in [2.24, 2.45) is 5.73 Å². The average molecular weight is 243 g/mol. The molecule has 2 rings (SSSR count). The Hall–Kier alpha value is -2.07. The van der Waals surface area contributed by atoms with E-state index in [1.165, 1.54) is 0 Å². The minimum atomic E-state index is 0.0718. The van der Waals surface area contributed by atoms with Gasteiger partial charge >= 0.3 is 0 Å². The molecule has 0 atom stereocenters. The number of anilines is 1. The monoisotopic (exact) mass is 243 g/mol. The molecule has 0 amide bonds. The summed E-state index contributed by atoms with van der Waals surface area (Å²) in [5.41, 5.74) is 7.37. The van der Waals surface area contributed by atoms with Crippen LogP contribution in [0.3, 0.4) is 0 Å². The molecule has 0 fully saturated rings. The highest BCUT2D eigenvalue weighted by Crippen LogP contribution is 2.28. The Balaban J connectivity index is 2.64. The van der Waals surface area contributed by atoms with Crippen LogP contribution >= 0.6 is 0 Å². The van der Waals surface area contributed by atoms with Gasteiger partial charge in [-0.3, -0.25) is 5.41 Å². The third-order valence-corrected chi connectivity index (χ3v) is 3.04. The summed E-state index contributed by atoms with van der Waals surface area (Å²) in [6.07, 6.45) is 0. The maximum absolute atomic E-state index is 9.02. The highest BCUT2D eigenvalue weighted by atomic mass is 16.3. The number of amidine groups is 1. The molecule has 0 aliphatic heterocycles. The lowest BCUT2D eigenvalue weighted by atomic mass is 10.0. The van der Waals surface area contributed by atoms with E-state index in [0.29, 0.717) is 6.54 Å². The highest BCUT2D eigenvalue weighted by Gasteiger charge is 2.10. The molecule has 2 aromatic rings. The van der Waals surface area contributed by atoms with Crippen molar-refractivity contribution in [2.75, 3.05) is 25.1 Å². The summed E-state index contributed by atoms with van der Waals surface area (Å²) in [7, 11) is 1.94. The second-order valence-electron chi connectivity index (χ2n) is 4.24. The van der Waals surface area contributed by atoms with Gasteiger partial charge < -0.3 is 15.7 Å². The summed E-state index contributed by atoms with van der Waals surface area (Å²) in [6.45, 7) is 0.683. The maximum Gasteiger partial charge on any atom is 0.123 e. The topological polar surface area (TPSA) is 73.3 Å². The van der Waals surface area contributed by atoms with Crippen LogP contribution in [0.2, 0.25) is 0 Å². The number of nitrogens with one attached hydrogen (secondary N) is 1. The SMILES string of the molecule is CN(CCO)c1ccc(C(=N)N)c2ccccc12. The number of hydrogen-bond donors (Lipinski definition) is 3. The number of rotatable bonds is 4. The Labute approximate surface area is 106 Å². The van der Waals surface area contributed by atoms with Crippen LogP contribution in [0.4, 0.5) is 5.69 Å². The third kappa shape index (κ3) is 2.15. The van der Waals surface area contributed by atoms with Crippen molar-refractivity contribution in [2.45, 2.75) is 0 Å². The lowest BCUT2D eigenvalue weighted by molar-refractivity contribution is 0.304. The van der Waals surface area contributed by atoms with E-state index in [-0.39, 0.29) is 12.4 Å². The zero-order valence-electron chi connectivity index (χ0n) is 10.4. The molecule has 0 aromatic heterocycles. The highest BCUT2D eigenvalue weighted by molar-refractivity contribution is 6.10. The Morgan fingerprint density at radius 1 is 1.22 bits per heavy atom. The predicted octanol–water partition coefficient (Wildman–Crippen LogP) is 1.55. The molecule has 0 bridgehead atoms. The molecular formula is C14H17N3O. The number of hydrogen-bond acceptors (Lipinski definition) is 3. The van der Waals surface area contributed by atoms with Crippen LogP contribution in [-0.2, 0) is 0 Å². The van der Waals surface area contributed by atoms with Crippen molar-refractivity contribution in [3.63, 3.8) is 0 Å². The molecule has 0 saturated carbocycles. The number of nitrogens with zero attached hydrogens (tertiary/aromatic N) is 1. The Morgan fingerprint density at radius 2 is 1.89 bits per heavy atom. The van der Waals surface area contributed by atoms with Crippen molar-refractivity contribution in [1.29, 1.82) is 5.41 Å². The number of fused-ring (bicyclic) bond motifs is 1. The quantitative estimate of drug-likeness (QED) is 0.563. The molecule has 18 heavy (non-hydrogen) atoms. The van der Waals surface area contributed by atoms with Gasteiger partial charge in [-0.1, -0.05) is 24.3 Å². The van der Waals surface area contributed by atoms with Gasteiger partial charge in [-0.2, -0.15) is 0 Å². The van der Waals surface area contributed by atoms with Gasteiger partial charge in [0, 0.05) is 30.2 Å². The molecule has 0 heterocycles. The Kier molecular flexibility index (Phi) is 3.48. The molecule has 0 saturated heterocycles. The smallest absolute Gasteiger partial charge is 0.123 e. The fourth-order valence-electron chi connectivity index (χ4n) is 2.12. The van der Waals surface area contributed by atoms with Gasteiger partial charge in [0.1, 0.15) is 5.84 Å². The third-order valence-electron chi connectivity index (χ3n) is 3.04.